The van der Waals surface area contributed by atoms with Crippen molar-refractivity contribution < 1.29 is 19.4 Å². The molecule has 2 N–H and O–H groups in total. The average Bonchev–Trinajstić information content (AvgIpc) is 2.77. The number of rotatable bonds is 7. The number of benzene rings is 3. The summed E-state index contributed by atoms with van der Waals surface area (Å²) in [6, 6.07) is 18.0. The van der Waals surface area contributed by atoms with Crippen LogP contribution in [0.5, 0.6) is 5.75 Å². The molecule has 0 radical (unpaired) electrons. The fourth-order valence-corrected chi connectivity index (χ4v) is 3.35. The van der Waals surface area contributed by atoms with E-state index in [0.29, 0.717) is 11.1 Å². The van der Waals surface area contributed by atoms with Crippen LogP contribution in [0.3, 0.4) is 0 Å². The minimum atomic E-state index is -0.971. The second kappa shape index (κ2) is 9.92. The first-order chi connectivity index (χ1) is 14.9. The van der Waals surface area contributed by atoms with Gasteiger partial charge in [-0.15, -0.1) is 0 Å². The molecular formula is C26H25NO4. The number of hydrogen-bond acceptors (Lipinski definition) is 4. The maximum absolute atomic E-state index is 13.0. The number of fused-ring (bicyclic) bond motifs is 1. The van der Waals surface area contributed by atoms with Crippen molar-refractivity contribution in [2.24, 2.45) is 5.92 Å². The number of nitrogens with one attached hydrogen (secondary N) is 1. The van der Waals surface area contributed by atoms with Gasteiger partial charge in [-0.05, 0) is 47.0 Å². The Morgan fingerprint density at radius 1 is 1.00 bits per heavy atom. The molecule has 0 saturated carbocycles. The van der Waals surface area contributed by atoms with Crippen LogP contribution in [-0.4, -0.2) is 36.6 Å². The lowest BCUT2D eigenvalue weighted by Crippen LogP contribution is -2.43. The normalized spacial score (nSPS) is 11.6. The number of carboxylic acids is 1. The van der Waals surface area contributed by atoms with Gasteiger partial charge < -0.3 is 9.84 Å². The lowest BCUT2D eigenvalue weighted by molar-refractivity contribution is -0.140. The summed E-state index contributed by atoms with van der Waals surface area (Å²) >= 11 is 0. The van der Waals surface area contributed by atoms with Gasteiger partial charge in [-0.1, -0.05) is 56.0 Å². The van der Waals surface area contributed by atoms with Crippen LogP contribution in [0.25, 0.3) is 10.8 Å². The molecule has 31 heavy (non-hydrogen) atoms. The Bertz CT molecular complexity index is 1150. The van der Waals surface area contributed by atoms with E-state index in [9.17, 15) is 14.7 Å². The van der Waals surface area contributed by atoms with Crippen LogP contribution in [0, 0.1) is 17.8 Å². The van der Waals surface area contributed by atoms with Crippen molar-refractivity contribution in [3.63, 3.8) is 0 Å². The predicted molar refractivity (Wildman–Crippen MR) is 122 cm³/mol. The molecule has 0 saturated heterocycles. The smallest absolute Gasteiger partial charge is 0.320 e. The maximum atomic E-state index is 13.0. The second-order valence-corrected chi connectivity index (χ2v) is 7.55. The first-order valence-corrected chi connectivity index (χ1v) is 10.1. The van der Waals surface area contributed by atoms with E-state index in [2.05, 4.69) is 17.2 Å². The molecule has 0 amide bonds. The van der Waals surface area contributed by atoms with Gasteiger partial charge in [-0.25, -0.2) is 0 Å². The topological polar surface area (TPSA) is 75.6 Å². The molecule has 3 rings (SSSR count). The molecule has 0 aromatic heterocycles. The quantitative estimate of drug-likeness (QED) is 0.448. The van der Waals surface area contributed by atoms with Gasteiger partial charge in [0.2, 0.25) is 0 Å². The monoisotopic (exact) mass is 415 g/mol. The zero-order valence-electron chi connectivity index (χ0n) is 17.8. The fourth-order valence-electron chi connectivity index (χ4n) is 3.35. The molecule has 3 aromatic carbocycles. The molecule has 0 bridgehead atoms. The van der Waals surface area contributed by atoms with Gasteiger partial charge in [-0.2, -0.15) is 0 Å². The van der Waals surface area contributed by atoms with E-state index in [1.54, 1.807) is 27.0 Å². The Balaban J connectivity index is 1.97. The molecular weight excluding hydrogens is 390 g/mol. The van der Waals surface area contributed by atoms with E-state index < -0.39 is 12.0 Å². The molecule has 0 aliphatic rings. The summed E-state index contributed by atoms with van der Waals surface area (Å²) in [5.41, 5.74) is 1.91. The van der Waals surface area contributed by atoms with Crippen molar-refractivity contribution in [2.45, 2.75) is 19.9 Å². The Hall–Kier alpha value is -3.62. The zero-order valence-corrected chi connectivity index (χ0v) is 17.8. The lowest BCUT2D eigenvalue weighted by atomic mass is 9.96. The van der Waals surface area contributed by atoms with Crippen molar-refractivity contribution in [1.82, 2.24) is 5.32 Å². The third-order valence-corrected chi connectivity index (χ3v) is 5.07. The van der Waals surface area contributed by atoms with Crippen LogP contribution in [0.1, 0.15) is 35.3 Å². The number of aliphatic carboxylic acids is 1. The van der Waals surface area contributed by atoms with Gasteiger partial charge in [0, 0.05) is 16.7 Å². The number of Topliss-reactive ketones (excluding diaryl/α,β-unsaturated/α-hetero) is 1. The molecule has 1 atom stereocenters. The third-order valence-electron chi connectivity index (χ3n) is 5.07. The molecule has 0 aliphatic heterocycles. The van der Waals surface area contributed by atoms with Gasteiger partial charge >= 0.3 is 5.97 Å². The van der Waals surface area contributed by atoms with Crippen molar-refractivity contribution in [3.8, 4) is 17.6 Å². The number of carbonyl (C=O) groups is 2. The van der Waals surface area contributed by atoms with E-state index in [-0.39, 0.29) is 18.2 Å². The molecule has 0 heterocycles. The summed E-state index contributed by atoms with van der Waals surface area (Å²) in [4.78, 5) is 24.4. The summed E-state index contributed by atoms with van der Waals surface area (Å²) in [7, 11) is 1.61. The number of methoxy groups -OCH3 is 1. The van der Waals surface area contributed by atoms with E-state index >= 15 is 0 Å². The number of carboxylic acid groups (broad SMARTS) is 1. The van der Waals surface area contributed by atoms with Gasteiger partial charge in [0.05, 0.1) is 13.7 Å². The van der Waals surface area contributed by atoms with Crippen LogP contribution >= 0.6 is 0 Å². The third kappa shape index (κ3) is 5.30. The summed E-state index contributed by atoms with van der Waals surface area (Å²) in [6.45, 7) is 3.53. The summed E-state index contributed by atoms with van der Waals surface area (Å²) in [6.07, 6.45) is 0. The summed E-state index contributed by atoms with van der Waals surface area (Å²) in [5, 5.41) is 14.1. The zero-order chi connectivity index (χ0) is 22.4. The van der Waals surface area contributed by atoms with Crippen LogP contribution in [-0.2, 0) is 4.79 Å². The largest absolute Gasteiger partial charge is 0.497 e. The van der Waals surface area contributed by atoms with Crippen molar-refractivity contribution in [3.05, 3.63) is 77.4 Å². The fraction of sp³-hybridized carbons (Fsp3) is 0.231. The highest BCUT2D eigenvalue weighted by molar-refractivity contribution is 6.05. The van der Waals surface area contributed by atoms with E-state index in [0.717, 1.165) is 22.1 Å². The van der Waals surface area contributed by atoms with Crippen LogP contribution in [0.2, 0.25) is 0 Å². The van der Waals surface area contributed by atoms with Crippen LogP contribution in [0.4, 0.5) is 0 Å². The lowest BCUT2D eigenvalue weighted by Gasteiger charge is -2.17. The Morgan fingerprint density at radius 2 is 1.71 bits per heavy atom. The minimum absolute atomic E-state index is 0.0787. The molecule has 0 spiro atoms. The SMILES string of the molecule is COc1ccc(C#Cc2c(C(=O)CN[C@H](C(=O)O)C(C)C)ccc3ccccc23)cc1. The summed E-state index contributed by atoms with van der Waals surface area (Å²) in [5.74, 6) is 5.73. The highest BCUT2D eigenvalue weighted by Crippen LogP contribution is 2.23. The van der Waals surface area contributed by atoms with Gasteiger partial charge in [0.1, 0.15) is 11.8 Å². The van der Waals surface area contributed by atoms with Gasteiger partial charge in [0.15, 0.2) is 5.78 Å². The van der Waals surface area contributed by atoms with Gasteiger partial charge in [-0.3, -0.25) is 14.9 Å². The molecule has 5 nitrogen and oxygen atoms in total. The summed E-state index contributed by atoms with van der Waals surface area (Å²) < 4.78 is 5.18. The predicted octanol–water partition coefficient (Wildman–Crippen LogP) is 4.13. The van der Waals surface area contributed by atoms with Crippen LogP contribution < -0.4 is 10.1 Å². The molecule has 0 unspecified atom stereocenters. The number of ketones is 1. The number of carbonyl (C=O) groups excluding carboxylic acids is 1. The van der Waals surface area contributed by atoms with Gasteiger partial charge in [0.25, 0.3) is 0 Å². The maximum Gasteiger partial charge on any atom is 0.320 e. The molecule has 0 fully saturated rings. The Kier molecular flexibility index (Phi) is 7.07. The second-order valence-electron chi connectivity index (χ2n) is 7.55. The standard InChI is InChI=1S/C26H25NO4/c1-17(2)25(26(29)30)27-16-24(28)23-15-11-19-6-4-5-7-21(19)22(23)14-10-18-8-12-20(31-3)13-9-18/h4-9,11-13,15,17,25,27H,16H2,1-3H3,(H,29,30)/t25-/m0/s1. The van der Waals surface area contributed by atoms with E-state index in [4.69, 9.17) is 4.74 Å². The highest BCUT2D eigenvalue weighted by Gasteiger charge is 2.22. The first-order valence-electron chi connectivity index (χ1n) is 10.1. The van der Waals surface area contributed by atoms with E-state index in [1.807, 2.05) is 54.6 Å². The number of ether oxygens (including phenoxy) is 1. The van der Waals surface area contributed by atoms with Crippen molar-refractivity contribution >= 4 is 22.5 Å². The Morgan fingerprint density at radius 3 is 2.35 bits per heavy atom. The van der Waals surface area contributed by atoms with Crippen molar-refractivity contribution in [2.75, 3.05) is 13.7 Å². The molecule has 3 aromatic rings. The minimum Gasteiger partial charge on any atom is -0.497 e. The number of hydrogen-bond donors (Lipinski definition) is 2. The molecule has 0 aliphatic carbocycles. The Labute approximate surface area is 182 Å². The highest BCUT2D eigenvalue weighted by atomic mass is 16.5. The average molecular weight is 415 g/mol. The van der Waals surface area contributed by atoms with E-state index in [1.165, 1.54) is 0 Å². The van der Waals surface area contributed by atoms with Crippen LogP contribution in [0.15, 0.2) is 60.7 Å². The molecule has 158 valence electrons. The van der Waals surface area contributed by atoms with Crippen molar-refractivity contribution in [1.29, 1.82) is 0 Å². The first kappa shape index (κ1) is 22.1. The molecule has 5 heteroatoms.